The predicted molar refractivity (Wildman–Crippen MR) is 57.8 cm³/mol. The van der Waals surface area contributed by atoms with E-state index < -0.39 is 22.3 Å². The van der Waals surface area contributed by atoms with Crippen LogP contribution in [-0.4, -0.2) is 15.2 Å². The highest BCUT2D eigenvalue weighted by Crippen LogP contribution is 2.42. The number of H-pyrrole nitrogens is 1. The fraction of sp³-hybridized carbons (Fsp3) is 0.400. The lowest BCUT2D eigenvalue weighted by molar-refractivity contribution is -0.134. The maximum atomic E-state index is 13.7. The van der Waals surface area contributed by atoms with Gasteiger partial charge in [0, 0.05) is 0 Å². The van der Waals surface area contributed by atoms with Crippen molar-refractivity contribution in [3.63, 3.8) is 0 Å². The van der Waals surface area contributed by atoms with Crippen LogP contribution in [0, 0.1) is 5.82 Å². The van der Waals surface area contributed by atoms with E-state index in [0.717, 1.165) is 0 Å². The van der Waals surface area contributed by atoms with Crippen molar-refractivity contribution >= 4 is 11.3 Å². The summed E-state index contributed by atoms with van der Waals surface area (Å²) in [5.41, 5.74) is -0.991. The number of hydrogen-bond acceptors (Lipinski definition) is 3. The van der Waals surface area contributed by atoms with Crippen LogP contribution in [0.4, 0.5) is 17.6 Å². The first-order chi connectivity index (χ1) is 8.23. The Morgan fingerprint density at radius 2 is 1.94 bits per heavy atom. The molecule has 18 heavy (non-hydrogen) atoms. The molecule has 0 amide bonds. The molecule has 2 rings (SSSR count). The van der Waals surface area contributed by atoms with E-state index in [1.165, 1.54) is 6.33 Å². The average Bonchev–Trinajstić information content (AvgIpc) is 2.83. The minimum absolute atomic E-state index is 0.0217. The summed E-state index contributed by atoms with van der Waals surface area (Å²) >= 11 is 0.384. The molecule has 2 heterocycles. The Morgan fingerprint density at radius 1 is 1.28 bits per heavy atom. The third-order valence-electron chi connectivity index (χ3n) is 2.54. The predicted octanol–water partition coefficient (Wildman–Crippen LogP) is 3.35. The minimum Gasteiger partial charge on any atom is -0.263 e. The van der Waals surface area contributed by atoms with Crippen molar-refractivity contribution in [3.05, 3.63) is 33.8 Å². The first-order valence-electron chi connectivity index (χ1n) is 4.96. The largest absolute Gasteiger partial charge is 0.425 e. The topological polar surface area (TPSA) is 41.6 Å². The molecule has 0 bridgehead atoms. The van der Waals surface area contributed by atoms with Gasteiger partial charge in [0.1, 0.15) is 22.8 Å². The van der Waals surface area contributed by atoms with Crippen LogP contribution in [-0.2, 0) is 11.6 Å². The molecular weight excluding hydrogens is 270 g/mol. The van der Waals surface area contributed by atoms with Crippen LogP contribution in [0.5, 0.6) is 0 Å². The third kappa shape index (κ3) is 2.12. The van der Waals surface area contributed by atoms with Crippen molar-refractivity contribution in [2.75, 3.05) is 0 Å². The Hall–Kier alpha value is -1.44. The van der Waals surface area contributed by atoms with E-state index in [0.29, 0.717) is 23.2 Å². The smallest absolute Gasteiger partial charge is 0.263 e. The lowest BCUT2D eigenvalue weighted by Gasteiger charge is -2.19. The number of nitrogens with one attached hydrogen (secondary N) is 1. The van der Waals surface area contributed by atoms with Gasteiger partial charge in [-0.25, -0.2) is 9.37 Å². The summed E-state index contributed by atoms with van der Waals surface area (Å²) in [6.45, 7) is 3.17. The number of thiophene rings is 1. The molecule has 0 unspecified atom stereocenters. The van der Waals surface area contributed by atoms with Gasteiger partial charge in [0.05, 0.1) is 10.3 Å². The van der Waals surface area contributed by atoms with Gasteiger partial charge in [0.15, 0.2) is 0 Å². The highest BCUT2D eigenvalue weighted by molar-refractivity contribution is 7.12. The summed E-state index contributed by atoms with van der Waals surface area (Å²) in [5.74, 6) is -0.564. The second-order valence-electron chi connectivity index (χ2n) is 4.24. The van der Waals surface area contributed by atoms with Gasteiger partial charge in [-0.2, -0.15) is 18.3 Å². The SMILES string of the molecule is CC(C)(c1ncn[nH]1)c1sc(C(F)(F)F)cc1F. The number of aromatic amines is 1. The molecule has 0 aromatic carbocycles. The average molecular weight is 279 g/mol. The molecule has 0 saturated carbocycles. The Labute approximate surface area is 104 Å². The van der Waals surface area contributed by atoms with Crippen LogP contribution < -0.4 is 0 Å². The summed E-state index contributed by atoms with van der Waals surface area (Å²) in [7, 11) is 0. The molecule has 0 fully saturated rings. The van der Waals surface area contributed by atoms with Gasteiger partial charge in [0.25, 0.3) is 0 Å². The van der Waals surface area contributed by atoms with E-state index in [4.69, 9.17) is 0 Å². The molecular formula is C10H9F4N3S. The summed E-state index contributed by atoms with van der Waals surface area (Å²) < 4.78 is 51.2. The maximum absolute atomic E-state index is 13.7. The van der Waals surface area contributed by atoms with Gasteiger partial charge in [-0.05, 0) is 19.9 Å². The Kier molecular flexibility index (Phi) is 2.92. The van der Waals surface area contributed by atoms with E-state index in [1.54, 1.807) is 13.8 Å². The molecule has 0 radical (unpaired) electrons. The van der Waals surface area contributed by atoms with Crippen LogP contribution in [0.1, 0.15) is 29.4 Å². The Balaban J connectivity index is 2.49. The number of aromatic nitrogens is 3. The molecule has 0 spiro atoms. The van der Waals surface area contributed by atoms with Crippen molar-refractivity contribution in [2.45, 2.75) is 25.4 Å². The fourth-order valence-corrected chi connectivity index (χ4v) is 2.56. The van der Waals surface area contributed by atoms with Crippen LogP contribution in [0.25, 0.3) is 0 Å². The van der Waals surface area contributed by atoms with Crippen LogP contribution in [0.3, 0.4) is 0 Å². The van der Waals surface area contributed by atoms with Crippen LogP contribution in [0.15, 0.2) is 12.4 Å². The zero-order chi connectivity index (χ0) is 13.6. The molecule has 98 valence electrons. The number of nitrogens with zero attached hydrogens (tertiary/aromatic N) is 2. The standard InChI is InChI=1S/C10H9F4N3S/c1-9(2,8-15-4-16-17-8)7-5(11)3-6(18-7)10(12,13)14/h3-4H,1-2H3,(H,15,16,17). The number of alkyl halides is 3. The first kappa shape index (κ1) is 13.0. The highest BCUT2D eigenvalue weighted by atomic mass is 32.1. The van der Waals surface area contributed by atoms with E-state index in [9.17, 15) is 17.6 Å². The van der Waals surface area contributed by atoms with Gasteiger partial charge >= 0.3 is 6.18 Å². The quantitative estimate of drug-likeness (QED) is 0.856. The summed E-state index contributed by atoms with van der Waals surface area (Å²) in [4.78, 5) is 2.89. The van der Waals surface area contributed by atoms with Crippen molar-refractivity contribution < 1.29 is 17.6 Å². The van der Waals surface area contributed by atoms with Gasteiger partial charge in [-0.15, -0.1) is 11.3 Å². The zero-order valence-corrected chi connectivity index (χ0v) is 10.3. The van der Waals surface area contributed by atoms with Crippen molar-refractivity contribution in [3.8, 4) is 0 Å². The minimum atomic E-state index is -4.54. The molecule has 8 heteroatoms. The lowest BCUT2D eigenvalue weighted by atomic mass is 9.90. The second-order valence-corrected chi connectivity index (χ2v) is 5.30. The van der Waals surface area contributed by atoms with Gasteiger partial charge in [0.2, 0.25) is 0 Å². The zero-order valence-electron chi connectivity index (χ0n) is 9.47. The molecule has 2 aromatic heterocycles. The van der Waals surface area contributed by atoms with E-state index in [2.05, 4.69) is 15.2 Å². The molecule has 0 aliphatic carbocycles. The van der Waals surface area contributed by atoms with Gasteiger partial charge in [-0.3, -0.25) is 5.10 Å². The normalized spacial score (nSPS) is 13.0. The summed E-state index contributed by atoms with van der Waals surface area (Å²) in [5, 5.41) is 6.17. The summed E-state index contributed by atoms with van der Waals surface area (Å²) in [6, 6.07) is 0.512. The number of hydrogen-bond donors (Lipinski definition) is 1. The lowest BCUT2D eigenvalue weighted by Crippen LogP contribution is -2.20. The molecule has 3 nitrogen and oxygen atoms in total. The van der Waals surface area contributed by atoms with E-state index in [-0.39, 0.29) is 4.88 Å². The van der Waals surface area contributed by atoms with Crippen LogP contribution >= 0.6 is 11.3 Å². The Morgan fingerprint density at radius 3 is 2.39 bits per heavy atom. The molecule has 0 aliphatic rings. The molecule has 2 aromatic rings. The van der Waals surface area contributed by atoms with Crippen LogP contribution in [0.2, 0.25) is 0 Å². The monoisotopic (exact) mass is 279 g/mol. The van der Waals surface area contributed by atoms with Gasteiger partial charge < -0.3 is 0 Å². The van der Waals surface area contributed by atoms with E-state index >= 15 is 0 Å². The molecule has 0 saturated heterocycles. The first-order valence-corrected chi connectivity index (χ1v) is 5.77. The fourth-order valence-electron chi connectivity index (χ4n) is 1.55. The van der Waals surface area contributed by atoms with Crippen molar-refractivity contribution in [2.24, 2.45) is 0 Å². The molecule has 1 N–H and O–H groups in total. The van der Waals surface area contributed by atoms with E-state index in [1.807, 2.05) is 0 Å². The highest BCUT2D eigenvalue weighted by Gasteiger charge is 2.38. The Bertz CT molecular complexity index is 542. The molecule has 0 atom stereocenters. The second kappa shape index (κ2) is 4.04. The maximum Gasteiger partial charge on any atom is 0.425 e. The number of rotatable bonds is 2. The molecule has 0 aliphatic heterocycles. The van der Waals surface area contributed by atoms with Crippen molar-refractivity contribution in [1.29, 1.82) is 0 Å². The van der Waals surface area contributed by atoms with Crippen molar-refractivity contribution in [1.82, 2.24) is 15.2 Å². The number of halogens is 4. The van der Waals surface area contributed by atoms with Gasteiger partial charge in [-0.1, -0.05) is 0 Å². The summed E-state index contributed by atoms with van der Waals surface area (Å²) in [6.07, 6.45) is -3.31. The third-order valence-corrected chi connectivity index (χ3v) is 4.02.